The fourth-order valence-electron chi connectivity index (χ4n) is 0.885. The molecule has 58 valence electrons. The average Bonchev–Trinajstić information content (AvgIpc) is 1.86. The zero-order chi connectivity index (χ0) is 8.20. The normalized spacial score (nSPS) is 14.0. The minimum absolute atomic E-state index is 0.184. The molecule has 10 heavy (non-hydrogen) atoms. The molecule has 1 unspecified atom stereocenters. The van der Waals surface area contributed by atoms with Crippen molar-refractivity contribution in [3.8, 4) is 0 Å². The van der Waals surface area contributed by atoms with Gasteiger partial charge < -0.3 is 5.11 Å². The standard InChI is InChI=1S/C9H16O/c1-5-7-9(3,4)8(10)6-2/h7-8,10H,1,6H2,2-4H3. The van der Waals surface area contributed by atoms with Crippen LogP contribution in [0, 0.1) is 5.41 Å². The van der Waals surface area contributed by atoms with Crippen molar-refractivity contribution < 1.29 is 5.11 Å². The van der Waals surface area contributed by atoms with Crippen molar-refractivity contribution in [1.82, 2.24) is 0 Å². The molecule has 0 aromatic carbocycles. The van der Waals surface area contributed by atoms with Crippen LogP contribution in [0.1, 0.15) is 27.2 Å². The lowest BCUT2D eigenvalue weighted by Gasteiger charge is -2.24. The van der Waals surface area contributed by atoms with Gasteiger partial charge in [-0.2, -0.15) is 0 Å². The van der Waals surface area contributed by atoms with E-state index in [1.165, 1.54) is 0 Å². The monoisotopic (exact) mass is 140 g/mol. The molecule has 1 heteroatoms. The Hall–Kier alpha value is -0.520. The number of aliphatic hydroxyl groups is 1. The zero-order valence-electron chi connectivity index (χ0n) is 7.02. The van der Waals surface area contributed by atoms with Crippen molar-refractivity contribution in [2.75, 3.05) is 0 Å². The Morgan fingerprint density at radius 3 is 2.50 bits per heavy atom. The van der Waals surface area contributed by atoms with Gasteiger partial charge in [-0.25, -0.2) is 0 Å². The summed E-state index contributed by atoms with van der Waals surface area (Å²) in [6, 6.07) is 0. The second-order valence-electron chi connectivity index (χ2n) is 3.09. The van der Waals surface area contributed by atoms with E-state index in [0.29, 0.717) is 0 Å². The zero-order valence-corrected chi connectivity index (χ0v) is 7.02. The number of aliphatic hydroxyl groups excluding tert-OH is 1. The first-order chi connectivity index (χ1) is 4.54. The largest absolute Gasteiger partial charge is 0.392 e. The second-order valence-corrected chi connectivity index (χ2v) is 3.09. The van der Waals surface area contributed by atoms with Crippen LogP contribution in [-0.4, -0.2) is 11.2 Å². The quantitative estimate of drug-likeness (QED) is 0.595. The van der Waals surface area contributed by atoms with Crippen molar-refractivity contribution in [2.24, 2.45) is 5.41 Å². The maximum absolute atomic E-state index is 9.42. The lowest BCUT2D eigenvalue weighted by molar-refractivity contribution is 0.0787. The Morgan fingerprint density at radius 1 is 1.70 bits per heavy atom. The third kappa shape index (κ3) is 2.38. The molecule has 0 aromatic rings. The number of hydrogen-bond donors (Lipinski definition) is 1. The molecule has 0 amide bonds. The SMILES string of the molecule is C=C=CC(C)(C)C(O)CC. The van der Waals surface area contributed by atoms with Crippen molar-refractivity contribution in [3.05, 3.63) is 18.4 Å². The van der Waals surface area contributed by atoms with Crippen LogP contribution in [0.5, 0.6) is 0 Å². The van der Waals surface area contributed by atoms with Gasteiger partial charge in [0.25, 0.3) is 0 Å². The minimum Gasteiger partial charge on any atom is -0.392 e. The van der Waals surface area contributed by atoms with Crippen molar-refractivity contribution >= 4 is 0 Å². The molecular weight excluding hydrogens is 124 g/mol. The highest BCUT2D eigenvalue weighted by Gasteiger charge is 2.22. The van der Waals surface area contributed by atoms with E-state index in [0.717, 1.165) is 6.42 Å². The first-order valence-electron chi connectivity index (χ1n) is 3.59. The van der Waals surface area contributed by atoms with Crippen LogP contribution in [0.15, 0.2) is 18.4 Å². The maximum atomic E-state index is 9.42. The summed E-state index contributed by atoms with van der Waals surface area (Å²) < 4.78 is 0. The summed E-state index contributed by atoms with van der Waals surface area (Å²) in [4.78, 5) is 0. The smallest absolute Gasteiger partial charge is 0.0629 e. The van der Waals surface area contributed by atoms with Gasteiger partial charge in [-0.05, 0) is 12.5 Å². The molecule has 0 saturated heterocycles. The minimum atomic E-state index is -0.290. The summed E-state index contributed by atoms with van der Waals surface area (Å²) in [5.74, 6) is 0. The summed E-state index contributed by atoms with van der Waals surface area (Å²) in [6.07, 6.45) is 2.29. The Bertz CT molecular complexity index is 141. The molecule has 0 bridgehead atoms. The molecule has 0 aliphatic heterocycles. The van der Waals surface area contributed by atoms with Crippen LogP contribution in [0.2, 0.25) is 0 Å². The molecule has 1 N–H and O–H groups in total. The van der Waals surface area contributed by atoms with Gasteiger partial charge in [0, 0.05) is 5.41 Å². The lowest BCUT2D eigenvalue weighted by atomic mass is 9.85. The summed E-state index contributed by atoms with van der Waals surface area (Å²) in [7, 11) is 0. The molecule has 0 fully saturated rings. The van der Waals surface area contributed by atoms with E-state index in [9.17, 15) is 5.11 Å². The molecule has 0 spiro atoms. The van der Waals surface area contributed by atoms with Gasteiger partial charge in [-0.1, -0.05) is 27.4 Å². The Balaban J connectivity index is 4.22. The van der Waals surface area contributed by atoms with Gasteiger partial charge in [-0.15, -0.1) is 5.73 Å². The van der Waals surface area contributed by atoms with E-state index in [4.69, 9.17) is 0 Å². The Labute approximate surface area is 63.1 Å². The first kappa shape index (κ1) is 9.48. The summed E-state index contributed by atoms with van der Waals surface area (Å²) in [6.45, 7) is 9.38. The van der Waals surface area contributed by atoms with Gasteiger partial charge in [0.1, 0.15) is 0 Å². The first-order valence-corrected chi connectivity index (χ1v) is 3.59. The van der Waals surface area contributed by atoms with Gasteiger partial charge >= 0.3 is 0 Å². The van der Waals surface area contributed by atoms with E-state index >= 15 is 0 Å². The Kier molecular flexibility index (Phi) is 3.41. The third-order valence-electron chi connectivity index (χ3n) is 1.72. The fraction of sp³-hybridized carbons (Fsp3) is 0.667. The predicted octanol–water partition coefficient (Wildman–Crippen LogP) is 2.12. The van der Waals surface area contributed by atoms with Gasteiger partial charge in [-0.3, -0.25) is 0 Å². The second kappa shape index (κ2) is 3.60. The van der Waals surface area contributed by atoms with Crippen molar-refractivity contribution in [2.45, 2.75) is 33.3 Å². The lowest BCUT2D eigenvalue weighted by Crippen LogP contribution is -2.25. The molecule has 0 rings (SSSR count). The van der Waals surface area contributed by atoms with Crippen LogP contribution >= 0.6 is 0 Å². The molecule has 0 aromatic heterocycles. The van der Waals surface area contributed by atoms with Crippen molar-refractivity contribution in [3.63, 3.8) is 0 Å². The highest BCUT2D eigenvalue weighted by Crippen LogP contribution is 2.23. The molecule has 0 aliphatic rings. The summed E-state index contributed by atoms with van der Waals surface area (Å²) in [5, 5.41) is 9.42. The van der Waals surface area contributed by atoms with Crippen LogP contribution in [-0.2, 0) is 0 Å². The topological polar surface area (TPSA) is 20.2 Å². The van der Waals surface area contributed by atoms with Crippen LogP contribution in [0.4, 0.5) is 0 Å². The molecule has 1 atom stereocenters. The van der Waals surface area contributed by atoms with Gasteiger partial charge in [0.2, 0.25) is 0 Å². The highest BCUT2D eigenvalue weighted by molar-refractivity contribution is 4.95. The van der Waals surface area contributed by atoms with E-state index in [1.807, 2.05) is 20.8 Å². The molecule has 0 radical (unpaired) electrons. The molecule has 0 heterocycles. The average molecular weight is 140 g/mol. The predicted molar refractivity (Wildman–Crippen MR) is 43.8 cm³/mol. The van der Waals surface area contributed by atoms with E-state index in [-0.39, 0.29) is 11.5 Å². The molecule has 1 nitrogen and oxygen atoms in total. The molecular formula is C9H16O. The van der Waals surface area contributed by atoms with Crippen LogP contribution in [0.25, 0.3) is 0 Å². The van der Waals surface area contributed by atoms with Gasteiger partial charge in [0.15, 0.2) is 0 Å². The van der Waals surface area contributed by atoms with E-state index < -0.39 is 0 Å². The van der Waals surface area contributed by atoms with Crippen LogP contribution in [0.3, 0.4) is 0 Å². The fourth-order valence-corrected chi connectivity index (χ4v) is 0.885. The van der Waals surface area contributed by atoms with E-state index in [1.54, 1.807) is 6.08 Å². The molecule has 0 aliphatic carbocycles. The van der Waals surface area contributed by atoms with Crippen molar-refractivity contribution in [1.29, 1.82) is 0 Å². The van der Waals surface area contributed by atoms with E-state index in [2.05, 4.69) is 12.3 Å². The van der Waals surface area contributed by atoms with Crippen LogP contribution < -0.4 is 0 Å². The number of hydrogen-bond acceptors (Lipinski definition) is 1. The number of rotatable bonds is 3. The summed E-state index contributed by atoms with van der Waals surface area (Å²) >= 11 is 0. The highest BCUT2D eigenvalue weighted by atomic mass is 16.3. The third-order valence-corrected chi connectivity index (χ3v) is 1.72. The maximum Gasteiger partial charge on any atom is 0.0629 e. The Morgan fingerprint density at radius 2 is 2.20 bits per heavy atom. The molecule has 0 saturated carbocycles. The summed E-state index contributed by atoms with van der Waals surface area (Å²) in [5.41, 5.74) is 2.50. The van der Waals surface area contributed by atoms with Gasteiger partial charge in [0.05, 0.1) is 6.10 Å².